The van der Waals surface area contributed by atoms with Gasteiger partial charge in [-0.1, -0.05) is 30.7 Å². The molecule has 0 spiro atoms. The molecule has 0 aliphatic heterocycles. The Morgan fingerprint density at radius 2 is 1.92 bits per heavy atom. The summed E-state index contributed by atoms with van der Waals surface area (Å²) in [7, 11) is 3.23. The van der Waals surface area contributed by atoms with Crippen LogP contribution in [-0.4, -0.2) is 38.1 Å². The number of amides is 1. The highest BCUT2D eigenvalue weighted by Gasteiger charge is 2.18. The van der Waals surface area contributed by atoms with Crippen molar-refractivity contribution in [2.24, 2.45) is 0 Å². The van der Waals surface area contributed by atoms with Gasteiger partial charge < -0.3 is 14.4 Å². The third-order valence-electron chi connectivity index (χ3n) is 3.92. The quantitative estimate of drug-likeness (QED) is 0.673. The van der Waals surface area contributed by atoms with E-state index in [0.29, 0.717) is 41.7 Å². The number of nitrogens with zero attached hydrogens (tertiary/aromatic N) is 1. The van der Waals surface area contributed by atoms with Crippen molar-refractivity contribution in [2.45, 2.75) is 19.8 Å². The van der Waals surface area contributed by atoms with E-state index in [0.717, 1.165) is 12.0 Å². The van der Waals surface area contributed by atoms with Crippen LogP contribution >= 0.6 is 11.6 Å². The van der Waals surface area contributed by atoms with E-state index in [1.807, 2.05) is 6.92 Å². The molecule has 0 fully saturated rings. The number of methoxy groups -OCH3 is 1. The van der Waals surface area contributed by atoms with Gasteiger partial charge in [0.2, 0.25) is 0 Å². The van der Waals surface area contributed by atoms with Crippen molar-refractivity contribution >= 4 is 17.5 Å². The van der Waals surface area contributed by atoms with Crippen LogP contribution in [0.25, 0.3) is 0 Å². The maximum Gasteiger partial charge on any atom is 0.253 e. The SMILES string of the molecule is CCCOc1c(Cl)cc(C(=O)N(C)CCc2ccc(F)cc2)cc1OC. The molecule has 0 radical (unpaired) electrons. The minimum Gasteiger partial charge on any atom is -0.493 e. The van der Waals surface area contributed by atoms with Gasteiger partial charge in [0.25, 0.3) is 5.91 Å². The summed E-state index contributed by atoms with van der Waals surface area (Å²) in [5, 5.41) is 0.341. The Morgan fingerprint density at radius 3 is 2.54 bits per heavy atom. The van der Waals surface area contributed by atoms with Crippen molar-refractivity contribution in [2.75, 3.05) is 27.3 Å². The summed E-state index contributed by atoms with van der Waals surface area (Å²) in [6.45, 7) is 3.01. The zero-order valence-corrected chi connectivity index (χ0v) is 16.0. The van der Waals surface area contributed by atoms with Crippen LogP contribution in [0.1, 0.15) is 29.3 Å². The van der Waals surface area contributed by atoms with Crippen LogP contribution in [0.5, 0.6) is 11.5 Å². The van der Waals surface area contributed by atoms with E-state index in [2.05, 4.69) is 0 Å². The minimum absolute atomic E-state index is 0.172. The van der Waals surface area contributed by atoms with Crippen LogP contribution in [0.3, 0.4) is 0 Å². The molecule has 0 N–H and O–H groups in total. The van der Waals surface area contributed by atoms with Crippen molar-refractivity contribution < 1.29 is 18.7 Å². The van der Waals surface area contributed by atoms with Crippen LogP contribution < -0.4 is 9.47 Å². The van der Waals surface area contributed by atoms with E-state index in [9.17, 15) is 9.18 Å². The molecule has 0 aliphatic rings. The fourth-order valence-corrected chi connectivity index (χ4v) is 2.72. The molecule has 0 aromatic heterocycles. The first-order valence-corrected chi connectivity index (χ1v) is 8.84. The number of carbonyl (C=O) groups excluding carboxylic acids is 1. The first-order chi connectivity index (χ1) is 12.5. The molecule has 26 heavy (non-hydrogen) atoms. The van der Waals surface area contributed by atoms with Gasteiger partial charge in [0.1, 0.15) is 5.82 Å². The van der Waals surface area contributed by atoms with Gasteiger partial charge >= 0.3 is 0 Å². The third-order valence-corrected chi connectivity index (χ3v) is 4.20. The molecule has 0 saturated heterocycles. The number of halogens is 2. The number of ether oxygens (including phenoxy) is 2. The van der Waals surface area contributed by atoms with Crippen molar-refractivity contribution in [3.05, 3.63) is 58.4 Å². The molecular weight excluding hydrogens is 357 g/mol. The molecule has 0 aliphatic carbocycles. The smallest absolute Gasteiger partial charge is 0.253 e. The summed E-state index contributed by atoms with van der Waals surface area (Å²) in [5.41, 5.74) is 1.39. The van der Waals surface area contributed by atoms with Crippen molar-refractivity contribution in [1.82, 2.24) is 4.90 Å². The van der Waals surface area contributed by atoms with Crippen molar-refractivity contribution in [3.8, 4) is 11.5 Å². The number of rotatable bonds is 8. The summed E-state index contributed by atoms with van der Waals surface area (Å²) in [5.74, 6) is 0.433. The Bertz CT molecular complexity index is 749. The zero-order valence-electron chi connectivity index (χ0n) is 15.2. The number of benzene rings is 2. The van der Waals surface area contributed by atoms with Gasteiger partial charge in [-0.3, -0.25) is 4.79 Å². The van der Waals surface area contributed by atoms with Gasteiger partial charge in [0.05, 0.1) is 18.7 Å². The summed E-state index contributed by atoms with van der Waals surface area (Å²) in [6.07, 6.45) is 1.47. The highest BCUT2D eigenvalue weighted by Crippen LogP contribution is 2.36. The van der Waals surface area contributed by atoms with E-state index in [1.165, 1.54) is 19.2 Å². The second kappa shape index (κ2) is 9.43. The van der Waals surface area contributed by atoms with Gasteiger partial charge in [0, 0.05) is 19.2 Å². The predicted octanol–water partition coefficient (Wildman–Crippen LogP) is 4.59. The van der Waals surface area contributed by atoms with E-state index >= 15 is 0 Å². The lowest BCUT2D eigenvalue weighted by molar-refractivity contribution is 0.0796. The largest absolute Gasteiger partial charge is 0.493 e. The van der Waals surface area contributed by atoms with Crippen LogP contribution in [0.15, 0.2) is 36.4 Å². The fourth-order valence-electron chi connectivity index (χ4n) is 2.46. The molecule has 2 aromatic carbocycles. The van der Waals surface area contributed by atoms with Gasteiger partial charge in [0.15, 0.2) is 11.5 Å². The number of hydrogen-bond acceptors (Lipinski definition) is 3. The van der Waals surface area contributed by atoms with E-state index in [1.54, 1.807) is 36.2 Å². The molecule has 4 nitrogen and oxygen atoms in total. The first-order valence-electron chi connectivity index (χ1n) is 8.46. The summed E-state index contributed by atoms with van der Waals surface area (Å²) in [6, 6.07) is 9.48. The van der Waals surface area contributed by atoms with Gasteiger partial charge in [-0.25, -0.2) is 4.39 Å². The van der Waals surface area contributed by atoms with Gasteiger partial charge in [-0.05, 0) is 42.7 Å². The summed E-state index contributed by atoms with van der Waals surface area (Å²) >= 11 is 6.27. The zero-order chi connectivity index (χ0) is 19.1. The molecular formula is C20H23ClFNO3. The minimum atomic E-state index is -0.273. The number of carbonyl (C=O) groups is 1. The molecule has 0 heterocycles. The third kappa shape index (κ3) is 5.11. The topological polar surface area (TPSA) is 38.8 Å². The average Bonchev–Trinajstić information content (AvgIpc) is 2.65. The molecule has 2 rings (SSSR count). The predicted molar refractivity (Wildman–Crippen MR) is 101 cm³/mol. The second-order valence-electron chi connectivity index (χ2n) is 5.94. The van der Waals surface area contributed by atoms with E-state index < -0.39 is 0 Å². The Hall–Kier alpha value is -2.27. The lowest BCUT2D eigenvalue weighted by Gasteiger charge is -2.19. The molecule has 1 amide bonds. The standard InChI is InChI=1S/C20H23ClFNO3/c1-4-11-26-19-17(21)12-15(13-18(19)25-3)20(24)23(2)10-9-14-5-7-16(22)8-6-14/h5-8,12-13H,4,9-11H2,1-3H3. The Kier molecular flexibility index (Phi) is 7.27. The molecule has 2 aromatic rings. The number of hydrogen-bond donors (Lipinski definition) is 0. The monoisotopic (exact) mass is 379 g/mol. The molecule has 0 bridgehead atoms. The Balaban J connectivity index is 2.09. The van der Waals surface area contributed by atoms with Crippen LogP contribution in [0.2, 0.25) is 5.02 Å². The highest BCUT2D eigenvalue weighted by molar-refractivity contribution is 6.32. The van der Waals surface area contributed by atoms with Crippen LogP contribution in [0.4, 0.5) is 4.39 Å². The number of likely N-dealkylation sites (N-methyl/N-ethyl adjacent to an activating group) is 1. The molecule has 0 unspecified atom stereocenters. The lowest BCUT2D eigenvalue weighted by Crippen LogP contribution is -2.28. The maximum absolute atomic E-state index is 13.0. The Morgan fingerprint density at radius 1 is 1.23 bits per heavy atom. The van der Waals surface area contributed by atoms with Gasteiger partial charge in [-0.15, -0.1) is 0 Å². The van der Waals surface area contributed by atoms with E-state index in [-0.39, 0.29) is 11.7 Å². The molecule has 0 saturated carbocycles. The molecule has 6 heteroatoms. The molecule has 140 valence electrons. The second-order valence-corrected chi connectivity index (χ2v) is 6.35. The first kappa shape index (κ1) is 20.0. The van der Waals surface area contributed by atoms with Crippen molar-refractivity contribution in [3.63, 3.8) is 0 Å². The molecule has 0 atom stereocenters. The van der Waals surface area contributed by atoms with Crippen LogP contribution in [-0.2, 0) is 6.42 Å². The summed E-state index contributed by atoms with van der Waals surface area (Å²) in [4.78, 5) is 14.3. The van der Waals surface area contributed by atoms with Crippen molar-refractivity contribution in [1.29, 1.82) is 0 Å². The normalized spacial score (nSPS) is 10.5. The summed E-state index contributed by atoms with van der Waals surface area (Å²) < 4.78 is 23.9. The van der Waals surface area contributed by atoms with Crippen LogP contribution in [0, 0.1) is 5.82 Å². The average molecular weight is 380 g/mol. The van der Waals surface area contributed by atoms with E-state index in [4.69, 9.17) is 21.1 Å². The maximum atomic E-state index is 13.0. The Labute approximate surface area is 158 Å². The fraction of sp³-hybridized carbons (Fsp3) is 0.350. The highest BCUT2D eigenvalue weighted by atomic mass is 35.5. The van der Waals surface area contributed by atoms with Gasteiger partial charge in [-0.2, -0.15) is 0 Å². The lowest BCUT2D eigenvalue weighted by atomic mass is 10.1.